The van der Waals surface area contributed by atoms with E-state index in [1.54, 1.807) is 11.0 Å². The maximum atomic E-state index is 12.4. The van der Waals surface area contributed by atoms with Gasteiger partial charge in [0.05, 0.1) is 23.7 Å². The molecule has 2 atom stereocenters. The molecule has 2 heterocycles. The monoisotopic (exact) mass is 428 g/mol. The molecular weight excluding hydrogens is 404 g/mol. The molecule has 7 nitrogen and oxygen atoms in total. The number of pyridine rings is 1. The number of amides is 1. The van der Waals surface area contributed by atoms with Gasteiger partial charge < -0.3 is 19.1 Å². The SMILES string of the molecule is COC(=O)c1ccnc(O[C@@H]2CC[C@@H](C)N(C(=O)OC(C)(C)C)C2)c1Br. The number of piperidine rings is 1. The number of aromatic nitrogens is 1. The van der Waals surface area contributed by atoms with Gasteiger partial charge in [-0.3, -0.25) is 0 Å². The van der Waals surface area contributed by atoms with Crippen LogP contribution in [0.2, 0.25) is 0 Å². The third-order valence-electron chi connectivity index (χ3n) is 4.01. The number of ether oxygens (including phenoxy) is 3. The fourth-order valence-corrected chi connectivity index (χ4v) is 3.17. The average Bonchev–Trinajstić information content (AvgIpc) is 2.56. The van der Waals surface area contributed by atoms with Gasteiger partial charge in [-0.25, -0.2) is 14.6 Å². The number of hydrogen-bond donors (Lipinski definition) is 0. The predicted octanol–water partition coefficient (Wildman–Crippen LogP) is 3.80. The number of nitrogens with zero attached hydrogens (tertiary/aromatic N) is 2. The van der Waals surface area contributed by atoms with E-state index in [1.165, 1.54) is 13.3 Å². The van der Waals surface area contributed by atoms with Gasteiger partial charge in [-0.1, -0.05) is 0 Å². The molecule has 1 fully saturated rings. The van der Waals surface area contributed by atoms with Gasteiger partial charge >= 0.3 is 12.1 Å². The maximum Gasteiger partial charge on any atom is 0.410 e. The van der Waals surface area contributed by atoms with E-state index in [0.717, 1.165) is 12.8 Å². The normalized spacial score (nSPS) is 20.5. The van der Waals surface area contributed by atoms with Crippen molar-refractivity contribution < 1.29 is 23.8 Å². The summed E-state index contributed by atoms with van der Waals surface area (Å²) in [5, 5.41) is 0. The third kappa shape index (κ3) is 5.09. The predicted molar refractivity (Wildman–Crippen MR) is 99.3 cm³/mol. The number of halogens is 1. The Balaban J connectivity index is 2.11. The second-order valence-electron chi connectivity index (χ2n) is 7.27. The van der Waals surface area contributed by atoms with E-state index in [4.69, 9.17) is 14.2 Å². The zero-order chi connectivity index (χ0) is 19.5. The van der Waals surface area contributed by atoms with E-state index in [2.05, 4.69) is 20.9 Å². The highest BCUT2D eigenvalue weighted by Crippen LogP contribution is 2.30. The summed E-state index contributed by atoms with van der Waals surface area (Å²) in [4.78, 5) is 30.1. The van der Waals surface area contributed by atoms with Crippen LogP contribution in [0.1, 0.15) is 50.9 Å². The summed E-state index contributed by atoms with van der Waals surface area (Å²) in [6.45, 7) is 7.91. The van der Waals surface area contributed by atoms with Gasteiger partial charge in [0.1, 0.15) is 11.7 Å². The molecular formula is C18H25BrN2O5. The number of hydrogen-bond acceptors (Lipinski definition) is 6. The molecule has 1 amide bonds. The van der Waals surface area contributed by atoms with E-state index in [1.807, 2.05) is 27.7 Å². The van der Waals surface area contributed by atoms with Crippen LogP contribution in [0.3, 0.4) is 0 Å². The Morgan fingerprint density at radius 2 is 2.00 bits per heavy atom. The van der Waals surface area contributed by atoms with Crippen LogP contribution in [0, 0.1) is 0 Å². The Morgan fingerprint density at radius 1 is 1.31 bits per heavy atom. The molecule has 0 aromatic carbocycles. The summed E-state index contributed by atoms with van der Waals surface area (Å²) in [7, 11) is 1.32. The number of rotatable bonds is 3. The molecule has 0 saturated carbocycles. The van der Waals surface area contributed by atoms with Crippen molar-refractivity contribution in [2.75, 3.05) is 13.7 Å². The van der Waals surface area contributed by atoms with Crippen molar-refractivity contribution in [1.82, 2.24) is 9.88 Å². The van der Waals surface area contributed by atoms with Crippen LogP contribution in [0.5, 0.6) is 5.88 Å². The number of carbonyl (C=O) groups excluding carboxylic acids is 2. The summed E-state index contributed by atoms with van der Waals surface area (Å²) in [6.07, 6.45) is 2.46. The molecule has 144 valence electrons. The second kappa shape index (κ2) is 8.24. The Hall–Kier alpha value is -1.83. The van der Waals surface area contributed by atoms with Gasteiger partial charge in [0.2, 0.25) is 5.88 Å². The summed E-state index contributed by atoms with van der Waals surface area (Å²) in [5.74, 6) is -0.173. The third-order valence-corrected chi connectivity index (χ3v) is 4.77. The van der Waals surface area contributed by atoms with Gasteiger partial charge in [-0.15, -0.1) is 0 Å². The first-order valence-electron chi connectivity index (χ1n) is 8.51. The Morgan fingerprint density at radius 3 is 2.62 bits per heavy atom. The van der Waals surface area contributed by atoms with Gasteiger partial charge in [0, 0.05) is 12.2 Å². The zero-order valence-electron chi connectivity index (χ0n) is 15.7. The molecule has 26 heavy (non-hydrogen) atoms. The number of likely N-dealkylation sites (tertiary alicyclic amines) is 1. The Labute approximate surface area is 162 Å². The minimum Gasteiger partial charge on any atom is -0.472 e. The van der Waals surface area contributed by atoms with Gasteiger partial charge in [0.15, 0.2) is 0 Å². The quantitative estimate of drug-likeness (QED) is 0.681. The highest BCUT2D eigenvalue weighted by atomic mass is 79.9. The topological polar surface area (TPSA) is 78.0 Å². The summed E-state index contributed by atoms with van der Waals surface area (Å²) in [6, 6.07) is 1.63. The molecule has 0 N–H and O–H groups in total. The summed E-state index contributed by atoms with van der Waals surface area (Å²) >= 11 is 3.35. The number of methoxy groups -OCH3 is 1. The molecule has 0 unspecified atom stereocenters. The van der Waals surface area contributed by atoms with Gasteiger partial charge in [-0.2, -0.15) is 0 Å². The standard InChI is InChI=1S/C18H25BrN2O5/c1-11-6-7-12(10-21(11)17(23)26-18(2,3)4)25-15-14(19)13(8-9-20-15)16(22)24-5/h8-9,11-12H,6-7,10H2,1-5H3/t11-,12-/m1/s1. The molecule has 0 aliphatic carbocycles. The lowest BCUT2D eigenvalue weighted by atomic mass is 10.0. The lowest BCUT2D eigenvalue weighted by molar-refractivity contribution is -0.00609. The first kappa shape index (κ1) is 20.5. The highest BCUT2D eigenvalue weighted by molar-refractivity contribution is 9.10. The maximum absolute atomic E-state index is 12.4. The van der Waals surface area contributed by atoms with Crippen molar-refractivity contribution in [3.8, 4) is 5.88 Å². The minimum atomic E-state index is -0.552. The second-order valence-corrected chi connectivity index (χ2v) is 8.06. The van der Waals surface area contributed by atoms with Crippen LogP contribution >= 0.6 is 15.9 Å². The first-order valence-corrected chi connectivity index (χ1v) is 9.30. The average molecular weight is 429 g/mol. The number of carbonyl (C=O) groups is 2. The number of esters is 1. The molecule has 0 radical (unpaired) electrons. The fourth-order valence-electron chi connectivity index (χ4n) is 2.68. The van der Waals surface area contributed by atoms with Gasteiger partial charge in [-0.05, 0) is 62.5 Å². The van der Waals surface area contributed by atoms with Crippen LogP contribution in [-0.2, 0) is 9.47 Å². The Kier molecular flexibility index (Phi) is 6.49. The van der Waals surface area contributed by atoms with Crippen LogP contribution < -0.4 is 4.74 Å². The highest BCUT2D eigenvalue weighted by Gasteiger charge is 2.33. The molecule has 1 saturated heterocycles. The van der Waals surface area contributed by atoms with E-state index in [9.17, 15) is 9.59 Å². The molecule has 0 spiro atoms. The van der Waals surface area contributed by atoms with Crippen molar-refractivity contribution in [1.29, 1.82) is 0 Å². The Bertz CT molecular complexity index is 674. The van der Waals surface area contributed by atoms with Crippen molar-refractivity contribution in [2.24, 2.45) is 0 Å². The van der Waals surface area contributed by atoms with Gasteiger partial charge in [0.25, 0.3) is 0 Å². The van der Waals surface area contributed by atoms with Crippen LogP contribution in [-0.4, -0.2) is 53.3 Å². The smallest absolute Gasteiger partial charge is 0.410 e. The molecule has 1 aromatic heterocycles. The lowest BCUT2D eigenvalue weighted by Crippen LogP contribution is -2.50. The van der Waals surface area contributed by atoms with E-state index in [-0.39, 0.29) is 18.2 Å². The van der Waals surface area contributed by atoms with E-state index in [0.29, 0.717) is 22.5 Å². The first-order chi connectivity index (χ1) is 12.1. The molecule has 2 rings (SSSR count). The lowest BCUT2D eigenvalue weighted by Gasteiger charge is -2.38. The van der Waals surface area contributed by atoms with Crippen LogP contribution in [0.4, 0.5) is 4.79 Å². The molecule has 8 heteroatoms. The van der Waals surface area contributed by atoms with Crippen molar-refractivity contribution >= 4 is 28.0 Å². The van der Waals surface area contributed by atoms with Crippen molar-refractivity contribution in [3.05, 3.63) is 22.3 Å². The zero-order valence-corrected chi connectivity index (χ0v) is 17.3. The molecule has 1 aliphatic heterocycles. The van der Waals surface area contributed by atoms with Crippen molar-refractivity contribution in [3.63, 3.8) is 0 Å². The summed E-state index contributed by atoms with van der Waals surface area (Å²) in [5.41, 5.74) is -0.213. The van der Waals surface area contributed by atoms with E-state index < -0.39 is 11.6 Å². The molecule has 0 bridgehead atoms. The molecule has 1 aromatic rings. The minimum absolute atomic E-state index is 0.0718. The molecule has 1 aliphatic rings. The fraction of sp³-hybridized carbons (Fsp3) is 0.611. The van der Waals surface area contributed by atoms with Crippen molar-refractivity contribution in [2.45, 2.75) is 58.3 Å². The van der Waals surface area contributed by atoms with Crippen LogP contribution in [0.15, 0.2) is 16.7 Å². The van der Waals surface area contributed by atoms with E-state index >= 15 is 0 Å². The largest absolute Gasteiger partial charge is 0.472 e. The van der Waals surface area contributed by atoms with Crippen LogP contribution in [0.25, 0.3) is 0 Å². The summed E-state index contributed by atoms with van der Waals surface area (Å²) < 4.78 is 16.6.